The number of carbonyl (C=O) groups excluding carboxylic acids is 1. The summed E-state index contributed by atoms with van der Waals surface area (Å²) in [5.41, 5.74) is 0.520. The van der Waals surface area contributed by atoms with Crippen molar-refractivity contribution >= 4 is 15.7 Å². The van der Waals surface area contributed by atoms with Gasteiger partial charge in [0.1, 0.15) is 11.6 Å². The average molecular weight is 459 g/mol. The molecule has 1 aromatic heterocycles. The highest BCUT2D eigenvalue weighted by atomic mass is 32.2. The zero-order valence-electron chi connectivity index (χ0n) is 17.2. The first-order valence-corrected chi connectivity index (χ1v) is 11.3. The van der Waals surface area contributed by atoms with Gasteiger partial charge in [-0.05, 0) is 38.0 Å². The molecule has 1 fully saturated rings. The van der Waals surface area contributed by atoms with E-state index < -0.39 is 44.7 Å². The third-order valence-electron chi connectivity index (χ3n) is 5.39. The van der Waals surface area contributed by atoms with Crippen LogP contribution in [0.15, 0.2) is 35.5 Å². The minimum absolute atomic E-state index is 0.0940. The summed E-state index contributed by atoms with van der Waals surface area (Å²) >= 11 is 0. The van der Waals surface area contributed by atoms with Crippen LogP contribution in [-0.4, -0.2) is 48.2 Å². The molecule has 0 unspecified atom stereocenters. The summed E-state index contributed by atoms with van der Waals surface area (Å²) in [5, 5.41) is 5.45. The molecular formula is C20H25F3N4O3S. The Morgan fingerprint density at radius 2 is 2.00 bits per heavy atom. The van der Waals surface area contributed by atoms with E-state index in [1.165, 1.54) is 30.5 Å². The summed E-state index contributed by atoms with van der Waals surface area (Å²) in [7, 11) is -4.19. The lowest BCUT2D eigenvalue weighted by Crippen LogP contribution is -2.59. The standard InChI is InChI=1S/C20H25F3N4O3S/c1-13-25-11-18(26-13)31(29,30)20(27-17(28)4-3-9-19(2,22)23)12-24-10-16(20)14-5-7-15(21)8-6-14/h5-8,11,16,24H,3-4,9-10,12H2,1-2H3,(H,25,26)(H,27,28)/t16-,20+/m1/s1. The van der Waals surface area contributed by atoms with Gasteiger partial charge in [0.15, 0.2) is 9.90 Å². The number of aromatic nitrogens is 2. The van der Waals surface area contributed by atoms with E-state index in [2.05, 4.69) is 20.6 Å². The Hall–Kier alpha value is -2.40. The molecule has 0 saturated carbocycles. The van der Waals surface area contributed by atoms with Crippen molar-refractivity contribution in [1.82, 2.24) is 20.6 Å². The van der Waals surface area contributed by atoms with Crippen LogP contribution in [0.2, 0.25) is 0 Å². The monoisotopic (exact) mass is 458 g/mol. The molecule has 2 heterocycles. The van der Waals surface area contributed by atoms with Gasteiger partial charge >= 0.3 is 0 Å². The Balaban J connectivity index is 1.97. The molecule has 1 aromatic carbocycles. The summed E-state index contributed by atoms with van der Waals surface area (Å²) in [6.45, 7) is 2.47. The third kappa shape index (κ3) is 4.93. The summed E-state index contributed by atoms with van der Waals surface area (Å²) < 4.78 is 67.0. The maximum absolute atomic E-state index is 13.7. The van der Waals surface area contributed by atoms with E-state index in [0.29, 0.717) is 11.4 Å². The van der Waals surface area contributed by atoms with Gasteiger partial charge in [-0.2, -0.15) is 0 Å². The molecule has 2 aromatic rings. The number of halogens is 3. The van der Waals surface area contributed by atoms with Gasteiger partial charge in [0.2, 0.25) is 21.7 Å². The quantitative estimate of drug-likeness (QED) is 0.564. The molecule has 1 saturated heterocycles. The Labute approximate surface area is 178 Å². The van der Waals surface area contributed by atoms with E-state index in [0.717, 1.165) is 6.92 Å². The van der Waals surface area contributed by atoms with E-state index in [9.17, 15) is 26.4 Å². The number of amides is 1. The van der Waals surface area contributed by atoms with E-state index in [1.54, 1.807) is 6.92 Å². The minimum atomic E-state index is -4.19. The van der Waals surface area contributed by atoms with Crippen LogP contribution in [0.1, 0.15) is 43.5 Å². The summed E-state index contributed by atoms with van der Waals surface area (Å²) in [6, 6.07) is 5.38. The topological polar surface area (TPSA) is 104 Å². The number of hydrogen-bond donors (Lipinski definition) is 3. The molecule has 3 N–H and O–H groups in total. The van der Waals surface area contributed by atoms with Gasteiger partial charge in [0, 0.05) is 31.8 Å². The number of imidazole rings is 1. The third-order valence-corrected chi connectivity index (χ3v) is 7.67. The number of nitrogens with one attached hydrogen (secondary N) is 3. The second-order valence-corrected chi connectivity index (χ2v) is 10.1. The van der Waals surface area contributed by atoms with Crippen molar-refractivity contribution in [3.05, 3.63) is 47.7 Å². The molecule has 0 bridgehead atoms. The average Bonchev–Trinajstić information content (AvgIpc) is 3.29. The van der Waals surface area contributed by atoms with Gasteiger partial charge in [0.25, 0.3) is 0 Å². The number of sulfone groups is 1. The highest BCUT2D eigenvalue weighted by Gasteiger charge is 2.56. The van der Waals surface area contributed by atoms with Crippen molar-refractivity contribution in [2.24, 2.45) is 0 Å². The predicted molar refractivity (Wildman–Crippen MR) is 108 cm³/mol. The van der Waals surface area contributed by atoms with Crippen molar-refractivity contribution in [2.45, 2.75) is 54.8 Å². The number of alkyl halides is 2. The second kappa shape index (κ2) is 8.62. The Bertz CT molecular complexity index is 1030. The van der Waals surface area contributed by atoms with Crippen molar-refractivity contribution in [2.75, 3.05) is 13.1 Å². The van der Waals surface area contributed by atoms with Gasteiger partial charge in [-0.1, -0.05) is 12.1 Å². The van der Waals surface area contributed by atoms with Crippen LogP contribution in [0.4, 0.5) is 13.2 Å². The molecule has 7 nitrogen and oxygen atoms in total. The molecule has 3 rings (SSSR count). The Kier molecular flexibility index (Phi) is 6.47. The smallest absolute Gasteiger partial charge is 0.245 e. The number of carbonyl (C=O) groups is 1. The van der Waals surface area contributed by atoms with Gasteiger partial charge in [0.05, 0.1) is 6.20 Å². The first-order chi connectivity index (χ1) is 14.4. The molecule has 170 valence electrons. The molecule has 11 heteroatoms. The summed E-state index contributed by atoms with van der Waals surface area (Å²) in [6.07, 6.45) is 0.345. The number of H-pyrrole nitrogens is 1. The fourth-order valence-electron chi connectivity index (χ4n) is 3.84. The van der Waals surface area contributed by atoms with E-state index in [-0.39, 0.29) is 31.0 Å². The maximum Gasteiger partial charge on any atom is 0.245 e. The van der Waals surface area contributed by atoms with Gasteiger partial charge in [-0.15, -0.1) is 0 Å². The van der Waals surface area contributed by atoms with Crippen LogP contribution in [-0.2, 0) is 14.6 Å². The van der Waals surface area contributed by atoms with Gasteiger partial charge in [-0.3, -0.25) is 4.79 Å². The fourth-order valence-corrected chi connectivity index (χ4v) is 5.84. The molecule has 0 spiro atoms. The first kappa shape index (κ1) is 23.3. The first-order valence-electron chi connectivity index (χ1n) is 9.86. The SMILES string of the molecule is Cc1ncc(S(=O)(=O)[C@@]2(NC(=O)CCCC(C)(F)F)CNC[C@@H]2c2ccc(F)cc2)[nH]1. The van der Waals surface area contributed by atoms with Gasteiger partial charge < -0.3 is 15.6 Å². The second-order valence-electron chi connectivity index (χ2n) is 7.93. The molecular weight excluding hydrogens is 433 g/mol. The van der Waals surface area contributed by atoms with Crippen molar-refractivity contribution < 1.29 is 26.4 Å². The van der Waals surface area contributed by atoms with Crippen LogP contribution < -0.4 is 10.6 Å². The number of rotatable bonds is 8. The van der Waals surface area contributed by atoms with Crippen LogP contribution in [0.5, 0.6) is 0 Å². The van der Waals surface area contributed by atoms with Crippen LogP contribution >= 0.6 is 0 Å². The minimum Gasteiger partial charge on any atom is -0.335 e. The number of aryl methyl sites for hydroxylation is 1. The number of hydrogen-bond acceptors (Lipinski definition) is 5. The predicted octanol–water partition coefficient (Wildman–Crippen LogP) is 2.66. The zero-order chi connectivity index (χ0) is 22.9. The van der Waals surface area contributed by atoms with E-state index >= 15 is 0 Å². The summed E-state index contributed by atoms with van der Waals surface area (Å²) in [4.78, 5) is 17.5. The van der Waals surface area contributed by atoms with Crippen molar-refractivity contribution in [3.63, 3.8) is 0 Å². The zero-order valence-corrected chi connectivity index (χ0v) is 18.0. The highest BCUT2D eigenvalue weighted by molar-refractivity contribution is 7.92. The Morgan fingerprint density at radius 3 is 2.58 bits per heavy atom. The van der Waals surface area contributed by atoms with Crippen LogP contribution in [0.3, 0.4) is 0 Å². The fraction of sp³-hybridized carbons (Fsp3) is 0.500. The van der Waals surface area contributed by atoms with Crippen molar-refractivity contribution in [1.29, 1.82) is 0 Å². The highest BCUT2D eigenvalue weighted by Crippen LogP contribution is 2.39. The molecule has 2 atom stereocenters. The summed E-state index contributed by atoms with van der Waals surface area (Å²) in [5.74, 6) is -4.40. The maximum atomic E-state index is 13.7. The number of nitrogens with zero attached hydrogens (tertiary/aromatic N) is 1. The lowest BCUT2D eigenvalue weighted by atomic mass is 9.93. The van der Waals surface area contributed by atoms with E-state index in [1.807, 2.05) is 0 Å². The van der Waals surface area contributed by atoms with E-state index in [4.69, 9.17) is 0 Å². The van der Waals surface area contributed by atoms with Crippen molar-refractivity contribution in [3.8, 4) is 0 Å². The molecule has 31 heavy (non-hydrogen) atoms. The largest absolute Gasteiger partial charge is 0.335 e. The van der Waals surface area contributed by atoms with Crippen LogP contribution in [0.25, 0.3) is 0 Å². The normalized spacial score (nSPS) is 21.9. The molecule has 0 radical (unpaired) electrons. The Morgan fingerprint density at radius 1 is 1.32 bits per heavy atom. The van der Waals surface area contributed by atoms with Crippen LogP contribution in [0, 0.1) is 12.7 Å². The lowest BCUT2D eigenvalue weighted by Gasteiger charge is -2.35. The molecule has 1 aliphatic rings. The number of aromatic amines is 1. The lowest BCUT2D eigenvalue weighted by molar-refractivity contribution is -0.122. The number of benzene rings is 1. The molecule has 0 aliphatic carbocycles. The van der Waals surface area contributed by atoms with Gasteiger partial charge in [-0.25, -0.2) is 26.6 Å². The molecule has 1 amide bonds. The molecule has 1 aliphatic heterocycles.